The van der Waals surface area contributed by atoms with Crippen molar-refractivity contribution in [3.8, 4) is 0 Å². The van der Waals surface area contributed by atoms with Gasteiger partial charge >= 0.3 is 0 Å². The second kappa shape index (κ2) is 6.15. The number of benzene rings is 1. The molecule has 1 aromatic rings. The topological polar surface area (TPSA) is 27.7 Å². The molecule has 3 heteroatoms. The largest absolute Gasteiger partial charge is 0.374 e. The van der Waals surface area contributed by atoms with Gasteiger partial charge in [-0.3, -0.25) is 0 Å². The van der Waals surface area contributed by atoms with E-state index in [-0.39, 0.29) is 12.4 Å². The van der Waals surface area contributed by atoms with E-state index in [2.05, 4.69) is 19.1 Å². The maximum Gasteiger partial charge on any atom is 0.160 e. The molecule has 1 aliphatic heterocycles. The molecular weight excluding hydrogens is 216 g/mol. The second-order valence-corrected chi connectivity index (χ2v) is 4.58. The summed E-state index contributed by atoms with van der Waals surface area (Å²) < 4.78 is 16.6. The molecular formula is C14H20O3. The second-order valence-electron chi connectivity index (χ2n) is 4.58. The summed E-state index contributed by atoms with van der Waals surface area (Å²) >= 11 is 0. The monoisotopic (exact) mass is 236 g/mol. The smallest absolute Gasteiger partial charge is 0.160 e. The highest BCUT2D eigenvalue weighted by Gasteiger charge is 2.31. The first-order valence-electron chi connectivity index (χ1n) is 6.09. The summed E-state index contributed by atoms with van der Waals surface area (Å²) in [5, 5.41) is 0. The number of methoxy groups -OCH3 is 1. The van der Waals surface area contributed by atoms with Crippen LogP contribution in [0.4, 0.5) is 0 Å². The minimum atomic E-state index is -0.0691. The van der Waals surface area contributed by atoms with Crippen LogP contribution >= 0.6 is 0 Å². The fourth-order valence-electron chi connectivity index (χ4n) is 2.18. The van der Waals surface area contributed by atoms with E-state index in [1.807, 2.05) is 18.2 Å². The molecule has 0 aliphatic carbocycles. The fourth-order valence-corrected chi connectivity index (χ4v) is 2.18. The van der Waals surface area contributed by atoms with Crippen LogP contribution in [0.5, 0.6) is 0 Å². The van der Waals surface area contributed by atoms with Crippen LogP contribution in [0.2, 0.25) is 0 Å². The molecule has 3 nitrogen and oxygen atoms in total. The van der Waals surface area contributed by atoms with Gasteiger partial charge in [-0.05, 0) is 12.0 Å². The van der Waals surface area contributed by atoms with Gasteiger partial charge in [0.1, 0.15) is 0 Å². The van der Waals surface area contributed by atoms with Crippen LogP contribution < -0.4 is 0 Å². The Bertz CT molecular complexity index is 325. The molecule has 2 unspecified atom stereocenters. The van der Waals surface area contributed by atoms with Crippen molar-refractivity contribution in [3.05, 3.63) is 35.9 Å². The molecule has 0 bridgehead atoms. The van der Waals surface area contributed by atoms with Crippen LogP contribution in [-0.2, 0) is 20.8 Å². The van der Waals surface area contributed by atoms with Crippen molar-refractivity contribution < 1.29 is 14.2 Å². The van der Waals surface area contributed by atoms with Gasteiger partial charge in [-0.1, -0.05) is 37.3 Å². The third-order valence-corrected chi connectivity index (χ3v) is 3.07. The predicted molar refractivity (Wildman–Crippen MR) is 65.5 cm³/mol. The lowest BCUT2D eigenvalue weighted by atomic mass is 10.1. The lowest BCUT2D eigenvalue weighted by molar-refractivity contribution is -0.141. The molecule has 1 aromatic carbocycles. The van der Waals surface area contributed by atoms with Crippen molar-refractivity contribution in [2.75, 3.05) is 13.7 Å². The van der Waals surface area contributed by atoms with Crippen molar-refractivity contribution in [2.24, 2.45) is 5.92 Å². The van der Waals surface area contributed by atoms with Gasteiger partial charge in [0.05, 0.1) is 19.3 Å². The SMILES string of the molecule is COC1OC(COCc2ccccc2)C[C@@H]1C. The zero-order chi connectivity index (χ0) is 12.1. The molecule has 1 saturated heterocycles. The molecule has 94 valence electrons. The molecule has 2 rings (SSSR count). The van der Waals surface area contributed by atoms with E-state index in [4.69, 9.17) is 14.2 Å². The minimum Gasteiger partial charge on any atom is -0.374 e. The van der Waals surface area contributed by atoms with Gasteiger partial charge in [-0.15, -0.1) is 0 Å². The van der Waals surface area contributed by atoms with Crippen LogP contribution in [0.15, 0.2) is 30.3 Å². The summed E-state index contributed by atoms with van der Waals surface area (Å²) in [6, 6.07) is 10.2. The van der Waals surface area contributed by atoms with Gasteiger partial charge in [0, 0.05) is 13.0 Å². The maximum absolute atomic E-state index is 5.71. The van der Waals surface area contributed by atoms with Crippen molar-refractivity contribution in [3.63, 3.8) is 0 Å². The van der Waals surface area contributed by atoms with E-state index in [0.717, 1.165) is 6.42 Å². The van der Waals surface area contributed by atoms with Gasteiger partial charge in [0.2, 0.25) is 0 Å². The van der Waals surface area contributed by atoms with Gasteiger partial charge in [0.25, 0.3) is 0 Å². The summed E-state index contributed by atoms with van der Waals surface area (Å²) in [7, 11) is 1.69. The summed E-state index contributed by atoms with van der Waals surface area (Å²) in [5.41, 5.74) is 1.20. The van der Waals surface area contributed by atoms with Gasteiger partial charge in [-0.25, -0.2) is 0 Å². The van der Waals surface area contributed by atoms with Crippen LogP contribution in [0.3, 0.4) is 0 Å². The lowest BCUT2D eigenvalue weighted by Crippen LogP contribution is -2.18. The number of hydrogen-bond donors (Lipinski definition) is 0. The molecule has 0 spiro atoms. The minimum absolute atomic E-state index is 0.0691. The van der Waals surface area contributed by atoms with Crippen LogP contribution in [0, 0.1) is 5.92 Å². The Labute approximate surface area is 103 Å². The zero-order valence-electron chi connectivity index (χ0n) is 10.5. The molecule has 3 atom stereocenters. The third-order valence-electron chi connectivity index (χ3n) is 3.07. The van der Waals surface area contributed by atoms with E-state index in [0.29, 0.717) is 19.1 Å². The number of hydrogen-bond acceptors (Lipinski definition) is 3. The average Bonchev–Trinajstić information content (AvgIpc) is 2.71. The van der Waals surface area contributed by atoms with Crippen LogP contribution in [0.25, 0.3) is 0 Å². The van der Waals surface area contributed by atoms with Gasteiger partial charge < -0.3 is 14.2 Å². The Morgan fingerprint density at radius 2 is 2.06 bits per heavy atom. The van der Waals surface area contributed by atoms with E-state index >= 15 is 0 Å². The maximum atomic E-state index is 5.71. The highest BCUT2D eigenvalue weighted by Crippen LogP contribution is 2.26. The van der Waals surface area contributed by atoms with Gasteiger partial charge in [-0.2, -0.15) is 0 Å². The zero-order valence-corrected chi connectivity index (χ0v) is 10.5. The Balaban J connectivity index is 1.70. The highest BCUT2D eigenvalue weighted by atomic mass is 16.7. The standard InChI is InChI=1S/C14H20O3/c1-11-8-13(17-14(11)15-2)10-16-9-12-6-4-3-5-7-12/h3-7,11,13-14H,8-10H2,1-2H3/t11-,13?,14?/m0/s1. The third kappa shape index (κ3) is 3.53. The molecule has 0 saturated carbocycles. The Kier molecular flexibility index (Phi) is 4.54. The normalized spacial score (nSPS) is 28.5. The molecule has 0 radical (unpaired) electrons. The molecule has 1 heterocycles. The molecule has 0 amide bonds. The molecule has 17 heavy (non-hydrogen) atoms. The van der Waals surface area contributed by atoms with Crippen molar-refractivity contribution in [2.45, 2.75) is 32.3 Å². The summed E-state index contributed by atoms with van der Waals surface area (Å²) in [5.74, 6) is 0.449. The van der Waals surface area contributed by atoms with Crippen molar-refractivity contribution in [1.29, 1.82) is 0 Å². The average molecular weight is 236 g/mol. The lowest BCUT2D eigenvalue weighted by Gasteiger charge is -2.13. The number of ether oxygens (including phenoxy) is 3. The van der Waals surface area contributed by atoms with E-state index in [9.17, 15) is 0 Å². The Morgan fingerprint density at radius 1 is 1.29 bits per heavy atom. The summed E-state index contributed by atoms with van der Waals surface area (Å²) in [4.78, 5) is 0. The fraction of sp³-hybridized carbons (Fsp3) is 0.571. The van der Waals surface area contributed by atoms with Crippen LogP contribution in [0.1, 0.15) is 18.9 Å². The van der Waals surface area contributed by atoms with Crippen LogP contribution in [-0.4, -0.2) is 26.1 Å². The molecule has 1 aliphatic rings. The first-order chi connectivity index (χ1) is 8.29. The highest BCUT2D eigenvalue weighted by molar-refractivity contribution is 5.13. The number of rotatable bonds is 5. The van der Waals surface area contributed by atoms with Gasteiger partial charge in [0.15, 0.2) is 6.29 Å². The summed E-state index contributed by atoms with van der Waals surface area (Å²) in [6.07, 6.45) is 1.10. The van der Waals surface area contributed by atoms with E-state index < -0.39 is 0 Å². The first-order valence-corrected chi connectivity index (χ1v) is 6.09. The Hall–Kier alpha value is -0.900. The molecule has 0 aromatic heterocycles. The molecule has 1 fully saturated rings. The summed E-state index contributed by atoms with van der Waals surface area (Å²) in [6.45, 7) is 3.43. The van der Waals surface area contributed by atoms with E-state index in [1.165, 1.54) is 5.56 Å². The predicted octanol–water partition coefficient (Wildman–Crippen LogP) is 2.60. The van der Waals surface area contributed by atoms with Crippen molar-refractivity contribution >= 4 is 0 Å². The molecule has 0 N–H and O–H groups in total. The quantitative estimate of drug-likeness (QED) is 0.786. The van der Waals surface area contributed by atoms with E-state index in [1.54, 1.807) is 7.11 Å². The first kappa shape index (κ1) is 12.6. The Morgan fingerprint density at radius 3 is 2.71 bits per heavy atom. The van der Waals surface area contributed by atoms with Crippen molar-refractivity contribution in [1.82, 2.24) is 0 Å².